The average Bonchev–Trinajstić information content (AvgIpc) is 3.45. The number of aryl methyl sites for hydroxylation is 1. The van der Waals surface area contributed by atoms with Crippen LogP contribution in [0.5, 0.6) is 5.75 Å². The summed E-state index contributed by atoms with van der Waals surface area (Å²) >= 11 is 0. The van der Waals surface area contributed by atoms with Crippen molar-refractivity contribution < 1.29 is 9.30 Å². The first kappa shape index (κ1) is 23.7. The van der Waals surface area contributed by atoms with Crippen molar-refractivity contribution in [2.75, 3.05) is 38.8 Å². The van der Waals surface area contributed by atoms with E-state index in [4.69, 9.17) is 4.74 Å². The number of likely N-dealkylation sites (N-methyl/N-ethyl adjacent to an activating group) is 1. The predicted molar refractivity (Wildman–Crippen MR) is 146 cm³/mol. The highest BCUT2D eigenvalue weighted by Gasteiger charge is 2.21. The molecule has 1 atom stereocenters. The lowest BCUT2D eigenvalue weighted by Gasteiger charge is -2.17. The fourth-order valence-corrected chi connectivity index (χ4v) is 5.92. The third-order valence-corrected chi connectivity index (χ3v) is 8.23. The van der Waals surface area contributed by atoms with Crippen LogP contribution in [-0.2, 0) is 11.0 Å². The highest BCUT2D eigenvalue weighted by Crippen LogP contribution is 2.40. The van der Waals surface area contributed by atoms with E-state index in [2.05, 4.69) is 52.4 Å². The first-order valence-corrected chi connectivity index (χ1v) is 14.8. The average molecular weight is 489 g/mol. The Labute approximate surface area is 207 Å². The number of likely N-dealkylation sites (tertiary alicyclic amines) is 1. The van der Waals surface area contributed by atoms with E-state index in [0.717, 1.165) is 76.2 Å². The summed E-state index contributed by atoms with van der Waals surface area (Å²) in [5.41, 5.74) is 5.90. The summed E-state index contributed by atoms with van der Waals surface area (Å²) in [7, 11) is -0.309. The second kappa shape index (κ2) is 9.52. The van der Waals surface area contributed by atoms with E-state index in [1.165, 1.54) is 0 Å². The second-order valence-corrected chi connectivity index (χ2v) is 12.9. The lowest BCUT2D eigenvalue weighted by Crippen LogP contribution is -2.21. The smallest absolute Gasteiger partial charge is 0.139 e. The number of para-hydroxylation sites is 1. The molecule has 0 bridgehead atoms. The Morgan fingerprint density at radius 1 is 1.17 bits per heavy atom. The van der Waals surface area contributed by atoms with Crippen LogP contribution in [0.15, 0.2) is 60.8 Å². The van der Waals surface area contributed by atoms with E-state index in [1.54, 1.807) is 0 Å². The molecular weight excluding hydrogens is 455 g/mol. The third kappa shape index (κ3) is 5.00. The maximum atomic E-state index is 12.9. The van der Waals surface area contributed by atoms with Crippen molar-refractivity contribution in [3.8, 4) is 17.0 Å². The summed E-state index contributed by atoms with van der Waals surface area (Å²) in [6, 6.07) is 18.3. The highest BCUT2D eigenvalue weighted by molar-refractivity contribution is 7.70. The van der Waals surface area contributed by atoms with Crippen molar-refractivity contribution in [3.63, 3.8) is 0 Å². The first-order valence-electron chi connectivity index (χ1n) is 12.2. The van der Waals surface area contributed by atoms with E-state index in [-0.39, 0.29) is 6.10 Å². The zero-order chi connectivity index (χ0) is 24.6. The molecule has 3 heterocycles. The minimum Gasteiger partial charge on any atom is -0.489 e. The number of rotatable bonds is 7. The van der Waals surface area contributed by atoms with Gasteiger partial charge in [0.15, 0.2) is 0 Å². The number of anilines is 2. The maximum absolute atomic E-state index is 12.9. The fraction of sp³-hybridized carbons (Fsp3) is 0.321. The fourth-order valence-electron chi connectivity index (χ4n) is 4.77. The Balaban J connectivity index is 1.47. The number of aromatic nitrogens is 2. The number of nitrogens with zero attached hydrogens (tertiary/aromatic N) is 2. The summed E-state index contributed by atoms with van der Waals surface area (Å²) in [6.07, 6.45) is 4.08. The summed E-state index contributed by atoms with van der Waals surface area (Å²) < 4.78 is 19.1. The molecule has 2 aromatic heterocycles. The largest absolute Gasteiger partial charge is 0.489 e. The van der Waals surface area contributed by atoms with Crippen LogP contribution in [0, 0.1) is 0 Å². The van der Waals surface area contributed by atoms with Gasteiger partial charge in [-0.25, -0.2) is 4.98 Å². The summed E-state index contributed by atoms with van der Waals surface area (Å²) in [5, 5.41) is 5.48. The second-order valence-electron chi connectivity index (χ2n) is 9.77. The number of benzene rings is 2. The molecule has 0 amide bonds. The van der Waals surface area contributed by atoms with Crippen LogP contribution in [0.2, 0.25) is 0 Å². The van der Waals surface area contributed by atoms with Gasteiger partial charge in [0.1, 0.15) is 24.6 Å². The topological polar surface area (TPSA) is 70.2 Å². The zero-order valence-electron chi connectivity index (χ0n) is 20.8. The molecule has 0 aliphatic carbocycles. The van der Waals surface area contributed by atoms with Crippen LogP contribution in [0.1, 0.15) is 18.9 Å². The van der Waals surface area contributed by atoms with Crippen molar-refractivity contribution in [1.29, 1.82) is 0 Å². The van der Waals surface area contributed by atoms with E-state index in [1.807, 2.05) is 55.9 Å². The summed E-state index contributed by atoms with van der Waals surface area (Å²) in [5.74, 6) is 0.902. The number of aromatic amines is 1. The first-order chi connectivity index (χ1) is 16.8. The Bertz CT molecular complexity index is 1390. The van der Waals surface area contributed by atoms with Gasteiger partial charge in [0, 0.05) is 41.4 Å². The molecule has 1 saturated heterocycles. The van der Waals surface area contributed by atoms with Crippen LogP contribution in [-0.4, -0.2) is 54.4 Å². The van der Waals surface area contributed by atoms with Gasteiger partial charge in [-0.05, 0) is 86.8 Å². The van der Waals surface area contributed by atoms with Gasteiger partial charge in [-0.3, -0.25) is 0 Å². The molecule has 4 aromatic rings. The molecule has 6 nitrogen and oxygen atoms in total. The SMILES string of the molecule is CCc1cnc2[nH]c(-c3ccc(OC4CCN(C)C4)cc3)cc2c1Nc1ccccc1P(C)(C)=O. The van der Waals surface area contributed by atoms with E-state index in [9.17, 15) is 4.57 Å². The minimum absolute atomic E-state index is 0.258. The van der Waals surface area contributed by atoms with E-state index in [0.29, 0.717) is 0 Å². The third-order valence-electron chi connectivity index (χ3n) is 6.68. The number of hydrogen-bond acceptors (Lipinski definition) is 5. The van der Waals surface area contributed by atoms with E-state index >= 15 is 0 Å². The molecular formula is C28H33N4O2P. The van der Waals surface area contributed by atoms with Crippen LogP contribution in [0.25, 0.3) is 22.3 Å². The maximum Gasteiger partial charge on any atom is 0.139 e. The van der Waals surface area contributed by atoms with Gasteiger partial charge in [-0.1, -0.05) is 19.1 Å². The van der Waals surface area contributed by atoms with Crippen molar-refractivity contribution in [3.05, 3.63) is 66.4 Å². The van der Waals surface area contributed by atoms with Crippen LogP contribution in [0.4, 0.5) is 11.4 Å². The van der Waals surface area contributed by atoms with Gasteiger partial charge >= 0.3 is 0 Å². The summed E-state index contributed by atoms with van der Waals surface area (Å²) in [4.78, 5) is 10.5. The van der Waals surface area contributed by atoms with Gasteiger partial charge in [-0.15, -0.1) is 0 Å². The molecule has 1 aliphatic heterocycles. The van der Waals surface area contributed by atoms with E-state index < -0.39 is 7.14 Å². The van der Waals surface area contributed by atoms with Crippen LogP contribution >= 0.6 is 7.14 Å². The molecule has 2 aromatic carbocycles. The highest BCUT2D eigenvalue weighted by atomic mass is 31.2. The Hall–Kier alpha value is -3.08. The normalized spacial score (nSPS) is 16.6. The quantitative estimate of drug-likeness (QED) is 0.319. The molecule has 1 fully saturated rings. The minimum atomic E-state index is -2.44. The Morgan fingerprint density at radius 2 is 1.94 bits per heavy atom. The van der Waals surface area contributed by atoms with Crippen LogP contribution < -0.4 is 15.4 Å². The molecule has 0 spiro atoms. The van der Waals surface area contributed by atoms with Crippen molar-refractivity contribution >= 4 is 34.9 Å². The lowest BCUT2D eigenvalue weighted by molar-refractivity contribution is 0.208. The van der Waals surface area contributed by atoms with Gasteiger partial charge in [0.2, 0.25) is 0 Å². The predicted octanol–water partition coefficient (Wildman–Crippen LogP) is 5.87. The number of ether oxygens (including phenoxy) is 1. The van der Waals surface area contributed by atoms with Crippen LogP contribution in [0.3, 0.4) is 0 Å². The number of nitrogens with one attached hydrogen (secondary N) is 2. The Morgan fingerprint density at radius 3 is 2.63 bits per heavy atom. The number of pyridine rings is 1. The zero-order valence-corrected chi connectivity index (χ0v) is 21.7. The number of fused-ring (bicyclic) bond motifs is 1. The standard InChI is InChI=1S/C28H33N4O2P/c1-5-19-17-29-28-23(27(19)30-24-8-6-7-9-26(24)35(3,4)33)16-25(31-28)20-10-12-21(13-11-20)34-22-14-15-32(2)18-22/h6-13,16-17,22H,5,14-15,18H2,1-4H3,(H2,29,30,31). The van der Waals surface area contributed by atoms with Gasteiger partial charge in [0.05, 0.1) is 5.69 Å². The monoisotopic (exact) mass is 488 g/mol. The molecule has 35 heavy (non-hydrogen) atoms. The lowest BCUT2D eigenvalue weighted by atomic mass is 10.1. The van der Waals surface area contributed by atoms with Gasteiger partial charge < -0.3 is 24.5 Å². The van der Waals surface area contributed by atoms with Crippen molar-refractivity contribution in [2.45, 2.75) is 25.9 Å². The summed E-state index contributed by atoms with van der Waals surface area (Å²) in [6.45, 7) is 7.80. The number of hydrogen-bond donors (Lipinski definition) is 2. The molecule has 0 radical (unpaired) electrons. The number of H-pyrrole nitrogens is 1. The molecule has 1 aliphatic rings. The Kier molecular flexibility index (Phi) is 6.43. The molecule has 5 rings (SSSR count). The van der Waals surface area contributed by atoms with Crippen molar-refractivity contribution in [2.24, 2.45) is 0 Å². The molecule has 1 unspecified atom stereocenters. The van der Waals surface area contributed by atoms with Gasteiger partial charge in [-0.2, -0.15) is 0 Å². The molecule has 2 N–H and O–H groups in total. The molecule has 7 heteroatoms. The van der Waals surface area contributed by atoms with Crippen molar-refractivity contribution in [1.82, 2.24) is 14.9 Å². The molecule has 182 valence electrons. The van der Waals surface area contributed by atoms with Gasteiger partial charge in [0.25, 0.3) is 0 Å². The molecule has 0 saturated carbocycles.